The van der Waals surface area contributed by atoms with Gasteiger partial charge in [-0.05, 0) is 87.5 Å². The molecule has 2 aromatic carbocycles. The summed E-state index contributed by atoms with van der Waals surface area (Å²) in [6, 6.07) is 17.8. The number of hydrogen-bond acceptors (Lipinski definition) is 4. The fourth-order valence-corrected chi connectivity index (χ4v) is 4.25. The number of aromatic amines is 1. The van der Waals surface area contributed by atoms with Gasteiger partial charge in [0.25, 0.3) is 5.91 Å². The first-order valence-corrected chi connectivity index (χ1v) is 13.8. The van der Waals surface area contributed by atoms with E-state index in [1.165, 1.54) is 44.3 Å². The van der Waals surface area contributed by atoms with Gasteiger partial charge >= 0.3 is 0 Å². The van der Waals surface area contributed by atoms with Gasteiger partial charge < -0.3 is 25.3 Å². The van der Waals surface area contributed by atoms with Gasteiger partial charge in [-0.2, -0.15) is 0 Å². The molecule has 1 saturated heterocycles. The molecule has 5 rings (SSSR count). The molecule has 7 nitrogen and oxygen atoms in total. The van der Waals surface area contributed by atoms with Crippen LogP contribution in [-0.4, -0.2) is 62.5 Å². The van der Waals surface area contributed by atoms with Crippen LogP contribution in [0.1, 0.15) is 62.5 Å². The minimum atomic E-state index is -0.206. The van der Waals surface area contributed by atoms with Crippen molar-refractivity contribution in [2.45, 2.75) is 52.9 Å². The van der Waals surface area contributed by atoms with Gasteiger partial charge in [-0.15, -0.1) is 0 Å². The third kappa shape index (κ3) is 10.2. The van der Waals surface area contributed by atoms with Crippen LogP contribution in [0.3, 0.4) is 0 Å². The summed E-state index contributed by atoms with van der Waals surface area (Å²) < 4.78 is 5.13. The fraction of sp³-hybridized carbons (Fsp3) is 0.484. The molecule has 2 fully saturated rings. The van der Waals surface area contributed by atoms with Crippen LogP contribution in [0.5, 0.6) is 5.75 Å². The smallest absolute Gasteiger partial charge is 0.267 e. The monoisotopic (exact) mass is 522 g/mol. The van der Waals surface area contributed by atoms with Crippen molar-refractivity contribution in [3.63, 3.8) is 0 Å². The lowest BCUT2D eigenvalue weighted by Crippen LogP contribution is -2.31. The van der Waals surface area contributed by atoms with Crippen molar-refractivity contribution in [3.05, 3.63) is 65.9 Å². The third-order valence-electron chi connectivity index (χ3n) is 6.97. The Bertz CT molecular complexity index is 1080. The standard InChI is InChI=1S/C13H15N3O3.C8H15N.C8H10.C2H6/c1-19-10-2-3-11-9(6-10)7-12(16-11)13(18)15-5-4-14-8-17;1-9-6-4-8(2-3-8)5-7-9;1-2-8-6-4-3-5-7-8;1-2/h2-3,6-8,16H,4-5H2,1H3,(H,14,17)(H,15,18);2-7H2,1H3;3-7H,2H2,1H3;1-2H3. The number of likely N-dealkylation sites (tertiary alicyclic amines) is 1. The number of rotatable bonds is 7. The molecule has 7 heteroatoms. The average Bonchev–Trinajstić information content (AvgIpc) is 3.60. The van der Waals surface area contributed by atoms with E-state index in [0.717, 1.165) is 28.5 Å². The Hall–Kier alpha value is -3.32. The molecule has 0 atom stereocenters. The molecule has 2 amide bonds. The number of fused-ring (bicyclic) bond motifs is 1. The highest BCUT2D eigenvalue weighted by molar-refractivity contribution is 5.98. The van der Waals surface area contributed by atoms with Crippen molar-refractivity contribution in [2.75, 3.05) is 40.3 Å². The second kappa shape index (κ2) is 16.5. The second-order valence-electron chi connectivity index (χ2n) is 9.61. The first-order valence-electron chi connectivity index (χ1n) is 13.8. The Balaban J connectivity index is 0.000000220. The minimum Gasteiger partial charge on any atom is -0.497 e. The molecule has 3 aromatic rings. The molecule has 0 bridgehead atoms. The highest BCUT2D eigenvalue weighted by atomic mass is 16.5. The number of benzene rings is 2. The largest absolute Gasteiger partial charge is 0.497 e. The van der Waals surface area contributed by atoms with E-state index >= 15 is 0 Å². The normalized spacial score (nSPS) is 15.0. The van der Waals surface area contributed by atoms with E-state index in [2.05, 4.69) is 58.8 Å². The van der Waals surface area contributed by atoms with Crippen molar-refractivity contribution < 1.29 is 14.3 Å². The lowest BCUT2D eigenvalue weighted by Gasteiger charge is -2.28. The molecule has 0 unspecified atom stereocenters. The number of nitrogens with zero attached hydrogens (tertiary/aromatic N) is 1. The summed E-state index contributed by atoms with van der Waals surface area (Å²) in [7, 11) is 3.83. The van der Waals surface area contributed by atoms with E-state index in [1.54, 1.807) is 13.2 Å². The fourth-order valence-electron chi connectivity index (χ4n) is 4.25. The predicted octanol–water partition coefficient (Wildman–Crippen LogP) is 5.42. The van der Waals surface area contributed by atoms with Gasteiger partial charge in [-0.3, -0.25) is 9.59 Å². The number of aryl methyl sites for hydroxylation is 1. The van der Waals surface area contributed by atoms with E-state index in [-0.39, 0.29) is 5.91 Å². The Morgan fingerprint density at radius 1 is 1.03 bits per heavy atom. The van der Waals surface area contributed by atoms with Crippen LogP contribution in [0.15, 0.2) is 54.6 Å². The third-order valence-corrected chi connectivity index (χ3v) is 6.97. The summed E-state index contributed by atoms with van der Waals surface area (Å²) in [5, 5.41) is 6.09. The number of amides is 2. The molecule has 3 N–H and O–H groups in total. The van der Waals surface area contributed by atoms with E-state index in [9.17, 15) is 9.59 Å². The lowest BCUT2D eigenvalue weighted by atomic mass is 9.94. The second-order valence-corrected chi connectivity index (χ2v) is 9.61. The van der Waals surface area contributed by atoms with Crippen molar-refractivity contribution in [3.8, 4) is 5.75 Å². The molecule has 2 heterocycles. The quantitative estimate of drug-likeness (QED) is 0.286. The van der Waals surface area contributed by atoms with Crippen LogP contribution in [0, 0.1) is 5.41 Å². The molecular formula is C31H46N4O3. The maximum Gasteiger partial charge on any atom is 0.267 e. The van der Waals surface area contributed by atoms with Crippen LogP contribution in [0.2, 0.25) is 0 Å². The molecule has 1 aromatic heterocycles. The number of H-pyrrole nitrogens is 1. The highest BCUT2D eigenvalue weighted by Gasteiger charge is 2.43. The lowest BCUT2D eigenvalue weighted by molar-refractivity contribution is -0.109. The first kappa shape index (κ1) is 30.9. The van der Waals surface area contributed by atoms with Gasteiger partial charge in [0.1, 0.15) is 11.4 Å². The minimum absolute atomic E-state index is 0.206. The van der Waals surface area contributed by atoms with E-state index in [4.69, 9.17) is 4.74 Å². The summed E-state index contributed by atoms with van der Waals surface area (Å²) in [6.45, 7) is 9.65. The number of nitrogens with one attached hydrogen (secondary N) is 3. The molecular weight excluding hydrogens is 476 g/mol. The topological polar surface area (TPSA) is 86.5 Å². The first-order chi connectivity index (χ1) is 18.5. The molecule has 208 valence electrons. The van der Waals surface area contributed by atoms with Crippen LogP contribution in [-0.2, 0) is 11.2 Å². The Morgan fingerprint density at radius 3 is 2.26 bits per heavy atom. The molecule has 1 aliphatic heterocycles. The highest BCUT2D eigenvalue weighted by Crippen LogP contribution is 2.53. The molecule has 0 radical (unpaired) electrons. The van der Waals surface area contributed by atoms with Gasteiger partial charge in [-0.25, -0.2) is 0 Å². The summed E-state index contributed by atoms with van der Waals surface area (Å²) in [6.07, 6.45) is 7.75. The number of piperidine rings is 1. The summed E-state index contributed by atoms with van der Waals surface area (Å²) in [5.74, 6) is 0.538. The Morgan fingerprint density at radius 2 is 1.71 bits per heavy atom. The molecule has 2 aliphatic rings. The molecule has 1 spiro atoms. The van der Waals surface area contributed by atoms with Gasteiger partial charge in [-0.1, -0.05) is 51.1 Å². The number of hydrogen-bond donors (Lipinski definition) is 3. The zero-order chi connectivity index (χ0) is 27.8. The zero-order valence-corrected chi connectivity index (χ0v) is 23.8. The molecule has 1 aliphatic carbocycles. The average molecular weight is 523 g/mol. The van der Waals surface area contributed by atoms with E-state index < -0.39 is 0 Å². The maximum atomic E-state index is 11.8. The van der Waals surface area contributed by atoms with Crippen LogP contribution < -0.4 is 15.4 Å². The Labute approximate surface area is 228 Å². The number of ether oxygens (including phenoxy) is 1. The zero-order valence-electron chi connectivity index (χ0n) is 23.8. The summed E-state index contributed by atoms with van der Waals surface area (Å²) >= 11 is 0. The van der Waals surface area contributed by atoms with Crippen molar-refractivity contribution in [2.24, 2.45) is 5.41 Å². The van der Waals surface area contributed by atoms with Gasteiger partial charge in [0.2, 0.25) is 6.41 Å². The number of carbonyl (C=O) groups excluding carboxylic acids is 2. The van der Waals surface area contributed by atoms with Gasteiger partial charge in [0.15, 0.2) is 0 Å². The molecule has 38 heavy (non-hydrogen) atoms. The number of methoxy groups -OCH3 is 1. The van der Waals surface area contributed by atoms with Crippen molar-refractivity contribution >= 4 is 23.2 Å². The van der Waals surface area contributed by atoms with Crippen LogP contribution >= 0.6 is 0 Å². The van der Waals surface area contributed by atoms with Gasteiger partial charge in [0.05, 0.1) is 7.11 Å². The van der Waals surface area contributed by atoms with Crippen molar-refractivity contribution in [1.29, 1.82) is 0 Å². The van der Waals surface area contributed by atoms with Gasteiger partial charge in [0, 0.05) is 24.0 Å². The SMILES string of the molecule is CC.CCc1ccccc1.CN1CCC2(CC1)CC2.COc1ccc2[nH]c(C(=O)NCCNC=O)cc2c1. The van der Waals surface area contributed by atoms with E-state index in [1.807, 2.05) is 38.1 Å². The molecule has 1 saturated carbocycles. The van der Waals surface area contributed by atoms with Crippen LogP contribution in [0.25, 0.3) is 10.9 Å². The summed E-state index contributed by atoms with van der Waals surface area (Å²) in [5.41, 5.74) is 3.63. The number of aromatic nitrogens is 1. The predicted molar refractivity (Wildman–Crippen MR) is 157 cm³/mol. The maximum absolute atomic E-state index is 11.8. The Kier molecular flexibility index (Phi) is 13.4. The summed E-state index contributed by atoms with van der Waals surface area (Å²) in [4.78, 5) is 27.4. The van der Waals surface area contributed by atoms with E-state index in [0.29, 0.717) is 25.2 Å². The van der Waals surface area contributed by atoms with Crippen LogP contribution in [0.4, 0.5) is 0 Å². The van der Waals surface area contributed by atoms with Crippen molar-refractivity contribution in [1.82, 2.24) is 20.5 Å². The number of carbonyl (C=O) groups is 2.